The van der Waals surface area contributed by atoms with E-state index in [1.807, 2.05) is 43.3 Å². The molecule has 3 rings (SSSR count). The molecule has 0 aliphatic rings. The fraction of sp³-hybridized carbons (Fsp3) is 0.250. The molecule has 3 aromatic rings. The Morgan fingerprint density at radius 3 is 2.21 bits per heavy atom. The molecule has 1 N–H and O–H groups in total. The van der Waals surface area contributed by atoms with Gasteiger partial charge in [-0.3, -0.25) is 4.57 Å². The predicted octanol–water partition coefficient (Wildman–Crippen LogP) is 4.38. The first-order valence-corrected chi connectivity index (χ1v) is 10.2. The molecule has 0 unspecified atom stereocenters. The van der Waals surface area contributed by atoms with E-state index in [9.17, 15) is 4.57 Å². The maximum Gasteiger partial charge on any atom is 0.384 e. The minimum atomic E-state index is -3.61. The zero-order valence-electron chi connectivity index (χ0n) is 16.3. The number of nitrogens with zero attached hydrogens (tertiary/aromatic N) is 1. The number of hydrogen-bond acceptors (Lipinski definition) is 7. The normalized spacial score (nSPS) is 11.4. The minimum absolute atomic E-state index is 0.107. The van der Waals surface area contributed by atoms with Gasteiger partial charge < -0.3 is 23.5 Å². The van der Waals surface area contributed by atoms with E-state index in [1.54, 1.807) is 19.2 Å². The van der Waals surface area contributed by atoms with Gasteiger partial charge in [0.25, 0.3) is 0 Å². The standard InChI is InChI=1S/C20H23N2O5P/c1-14-5-7-15(8-6-14)13-21-19-20(28(23,25-3)26-4)22-18(27-19)16-9-11-17(24-2)12-10-16/h5-12,21H,13H2,1-4H3. The van der Waals surface area contributed by atoms with E-state index in [0.717, 1.165) is 5.56 Å². The highest BCUT2D eigenvalue weighted by Gasteiger charge is 2.34. The van der Waals surface area contributed by atoms with Gasteiger partial charge in [-0.1, -0.05) is 29.8 Å². The van der Waals surface area contributed by atoms with Crippen molar-refractivity contribution in [1.82, 2.24) is 4.98 Å². The number of ether oxygens (including phenoxy) is 1. The zero-order chi connectivity index (χ0) is 20.1. The summed E-state index contributed by atoms with van der Waals surface area (Å²) < 4.78 is 34.2. The van der Waals surface area contributed by atoms with Crippen LogP contribution in [0.3, 0.4) is 0 Å². The Labute approximate surface area is 164 Å². The maximum absolute atomic E-state index is 12.9. The van der Waals surface area contributed by atoms with Crippen molar-refractivity contribution in [3.8, 4) is 17.2 Å². The number of aryl methyl sites for hydroxylation is 1. The molecule has 0 aliphatic heterocycles. The van der Waals surface area contributed by atoms with Crippen LogP contribution in [0.25, 0.3) is 11.5 Å². The lowest BCUT2D eigenvalue weighted by Gasteiger charge is -2.12. The molecule has 8 heteroatoms. The van der Waals surface area contributed by atoms with Gasteiger partial charge in [-0.05, 0) is 36.8 Å². The minimum Gasteiger partial charge on any atom is -0.497 e. The summed E-state index contributed by atoms with van der Waals surface area (Å²) in [5, 5.41) is 3.15. The average Bonchev–Trinajstić information content (AvgIpc) is 3.18. The van der Waals surface area contributed by atoms with Crippen molar-refractivity contribution in [2.75, 3.05) is 26.6 Å². The molecule has 7 nitrogen and oxygen atoms in total. The van der Waals surface area contributed by atoms with Crippen molar-refractivity contribution >= 4 is 18.9 Å². The van der Waals surface area contributed by atoms with E-state index >= 15 is 0 Å². The van der Waals surface area contributed by atoms with Gasteiger partial charge in [0.05, 0.1) is 7.11 Å². The van der Waals surface area contributed by atoms with Gasteiger partial charge in [0.1, 0.15) is 5.75 Å². The van der Waals surface area contributed by atoms with Gasteiger partial charge in [-0.2, -0.15) is 4.98 Å². The second kappa shape index (κ2) is 8.61. The highest BCUT2D eigenvalue weighted by Crippen LogP contribution is 2.47. The van der Waals surface area contributed by atoms with Gasteiger partial charge in [-0.15, -0.1) is 0 Å². The van der Waals surface area contributed by atoms with Crippen LogP contribution in [0.4, 0.5) is 5.88 Å². The summed E-state index contributed by atoms with van der Waals surface area (Å²) >= 11 is 0. The second-order valence-electron chi connectivity index (χ2n) is 6.10. The van der Waals surface area contributed by atoms with Crippen LogP contribution in [0, 0.1) is 6.92 Å². The lowest BCUT2D eigenvalue weighted by atomic mass is 10.1. The van der Waals surface area contributed by atoms with E-state index in [2.05, 4.69) is 10.3 Å². The molecule has 0 radical (unpaired) electrons. The Bertz CT molecular complexity index is 959. The molecule has 1 aromatic heterocycles. The Morgan fingerprint density at radius 1 is 1.00 bits per heavy atom. The van der Waals surface area contributed by atoms with Crippen LogP contribution in [-0.2, 0) is 20.2 Å². The Kier molecular flexibility index (Phi) is 6.19. The van der Waals surface area contributed by atoms with Crippen LogP contribution in [0.15, 0.2) is 52.9 Å². The Morgan fingerprint density at radius 2 is 1.64 bits per heavy atom. The van der Waals surface area contributed by atoms with Gasteiger partial charge in [0.15, 0.2) is 0 Å². The van der Waals surface area contributed by atoms with Crippen molar-refractivity contribution in [2.45, 2.75) is 13.5 Å². The molecular weight excluding hydrogens is 379 g/mol. The molecule has 28 heavy (non-hydrogen) atoms. The molecule has 0 bridgehead atoms. The fourth-order valence-electron chi connectivity index (χ4n) is 2.61. The lowest BCUT2D eigenvalue weighted by Crippen LogP contribution is -2.14. The molecular formula is C20H23N2O5P. The molecule has 0 atom stereocenters. The third-order valence-corrected chi connectivity index (χ3v) is 6.04. The van der Waals surface area contributed by atoms with Crippen LogP contribution in [0.2, 0.25) is 0 Å². The molecule has 2 aromatic carbocycles. The number of hydrogen-bond donors (Lipinski definition) is 1. The van der Waals surface area contributed by atoms with Crippen LogP contribution in [-0.4, -0.2) is 26.3 Å². The zero-order valence-corrected chi connectivity index (χ0v) is 17.2. The van der Waals surface area contributed by atoms with E-state index < -0.39 is 7.60 Å². The van der Waals surface area contributed by atoms with Crippen molar-refractivity contribution in [2.24, 2.45) is 0 Å². The molecule has 0 saturated carbocycles. The monoisotopic (exact) mass is 402 g/mol. The highest BCUT2D eigenvalue weighted by atomic mass is 31.2. The summed E-state index contributed by atoms with van der Waals surface area (Å²) in [4.78, 5) is 4.39. The maximum atomic E-state index is 12.9. The van der Waals surface area contributed by atoms with Crippen molar-refractivity contribution in [3.05, 3.63) is 59.7 Å². The molecule has 0 fully saturated rings. The third kappa shape index (κ3) is 4.28. The van der Waals surface area contributed by atoms with Crippen LogP contribution >= 0.6 is 7.60 Å². The number of nitrogens with one attached hydrogen (secondary N) is 1. The van der Waals surface area contributed by atoms with Gasteiger partial charge in [0.2, 0.25) is 17.2 Å². The summed E-state index contributed by atoms with van der Waals surface area (Å²) in [5.74, 6) is 1.27. The van der Waals surface area contributed by atoms with Crippen molar-refractivity contribution in [3.63, 3.8) is 0 Å². The highest BCUT2D eigenvalue weighted by molar-refractivity contribution is 7.62. The Balaban J connectivity index is 1.94. The summed E-state index contributed by atoms with van der Waals surface area (Å²) in [7, 11) is 0.619. The van der Waals surface area contributed by atoms with Gasteiger partial charge in [0, 0.05) is 26.3 Å². The van der Waals surface area contributed by atoms with E-state index in [4.69, 9.17) is 18.2 Å². The first-order valence-electron chi connectivity index (χ1n) is 8.66. The summed E-state index contributed by atoms with van der Waals surface area (Å²) in [6.45, 7) is 2.50. The number of aromatic nitrogens is 1. The summed E-state index contributed by atoms with van der Waals surface area (Å²) in [6.07, 6.45) is 0. The molecule has 0 amide bonds. The molecule has 1 heterocycles. The Hall–Kier alpha value is -2.60. The molecule has 0 aliphatic carbocycles. The lowest BCUT2D eigenvalue weighted by molar-refractivity contribution is 0.286. The number of oxazole rings is 1. The van der Waals surface area contributed by atoms with Gasteiger partial charge >= 0.3 is 7.60 Å². The number of methoxy groups -OCH3 is 1. The molecule has 148 valence electrons. The third-order valence-electron chi connectivity index (χ3n) is 4.26. The van der Waals surface area contributed by atoms with Crippen molar-refractivity contribution in [1.29, 1.82) is 0 Å². The molecule has 0 saturated heterocycles. The number of anilines is 1. The first-order chi connectivity index (χ1) is 13.5. The fourth-order valence-corrected chi connectivity index (χ4v) is 3.69. The average molecular weight is 402 g/mol. The van der Waals surface area contributed by atoms with Crippen LogP contribution in [0.1, 0.15) is 11.1 Å². The quantitative estimate of drug-likeness (QED) is 0.560. The second-order valence-corrected chi connectivity index (χ2v) is 8.25. The predicted molar refractivity (Wildman–Crippen MR) is 108 cm³/mol. The SMILES string of the molecule is COc1ccc(-c2nc(P(=O)(OC)OC)c(NCc3ccc(C)cc3)o2)cc1. The topological polar surface area (TPSA) is 82.8 Å². The number of benzene rings is 2. The van der Waals surface area contributed by atoms with Crippen LogP contribution < -0.4 is 15.5 Å². The van der Waals surface area contributed by atoms with E-state index in [1.165, 1.54) is 19.8 Å². The number of rotatable bonds is 8. The smallest absolute Gasteiger partial charge is 0.384 e. The first kappa shape index (κ1) is 20.1. The largest absolute Gasteiger partial charge is 0.497 e. The van der Waals surface area contributed by atoms with Crippen LogP contribution in [0.5, 0.6) is 5.75 Å². The molecule has 0 spiro atoms. The summed E-state index contributed by atoms with van der Waals surface area (Å²) in [5.41, 5.74) is 3.04. The van der Waals surface area contributed by atoms with Gasteiger partial charge in [-0.25, -0.2) is 0 Å². The van der Waals surface area contributed by atoms with E-state index in [0.29, 0.717) is 23.7 Å². The van der Waals surface area contributed by atoms with E-state index in [-0.39, 0.29) is 11.3 Å². The van der Waals surface area contributed by atoms with Crippen molar-refractivity contribution < 1.29 is 22.8 Å². The summed E-state index contributed by atoms with van der Waals surface area (Å²) in [6, 6.07) is 15.3.